The van der Waals surface area contributed by atoms with Gasteiger partial charge in [0.15, 0.2) is 5.82 Å². The molecule has 1 atom stereocenters. The molecule has 0 saturated carbocycles. The quantitative estimate of drug-likeness (QED) is 0.217. The van der Waals surface area contributed by atoms with Gasteiger partial charge in [0.1, 0.15) is 6.04 Å². The molecule has 0 bridgehead atoms. The number of carbonyl (C=O) groups excluding carboxylic acids is 3. The van der Waals surface area contributed by atoms with Crippen LogP contribution in [0.3, 0.4) is 0 Å². The molecule has 0 spiro atoms. The van der Waals surface area contributed by atoms with Crippen molar-refractivity contribution in [2.75, 3.05) is 13.1 Å². The third kappa shape index (κ3) is 6.07. The van der Waals surface area contributed by atoms with E-state index < -0.39 is 23.3 Å². The summed E-state index contributed by atoms with van der Waals surface area (Å²) in [6, 6.07) is 20.6. The molecule has 6 rings (SSSR count). The summed E-state index contributed by atoms with van der Waals surface area (Å²) in [5, 5.41) is 28.4. The molecule has 3 amide bonds. The molecule has 3 aromatic carbocycles. The first-order valence-electron chi connectivity index (χ1n) is 15.5. The van der Waals surface area contributed by atoms with E-state index in [1.54, 1.807) is 29.2 Å². The smallest absolute Gasteiger partial charge is 0.248 e. The molecule has 47 heavy (non-hydrogen) atoms. The highest BCUT2D eigenvalue weighted by Crippen LogP contribution is 2.47. The largest absolute Gasteiger partial charge is 0.379 e. The SMILES string of the molecule is Cc1ccc(/C=C(/CC2(c3nnn[nH]3)c3ccc(C(N)=O)cc3CCc3cc(C(N)=O)ccc32)NCC(=O)N2CCCC2C#N)cc1. The number of aryl methyl sites for hydroxylation is 3. The van der Waals surface area contributed by atoms with E-state index in [0.717, 1.165) is 39.8 Å². The second kappa shape index (κ2) is 12.9. The number of hydrogen-bond acceptors (Lipinski definition) is 8. The Morgan fingerprint density at radius 2 is 1.66 bits per heavy atom. The van der Waals surface area contributed by atoms with E-state index in [1.165, 1.54) is 0 Å². The Hall–Kier alpha value is -5.83. The molecule has 12 nitrogen and oxygen atoms in total. The van der Waals surface area contributed by atoms with Crippen LogP contribution in [0.5, 0.6) is 0 Å². The van der Waals surface area contributed by atoms with Gasteiger partial charge in [0.05, 0.1) is 18.0 Å². The van der Waals surface area contributed by atoms with Gasteiger partial charge in [-0.2, -0.15) is 5.26 Å². The molecule has 2 aliphatic rings. The minimum Gasteiger partial charge on any atom is -0.379 e. The number of aromatic amines is 1. The number of carbonyl (C=O) groups is 3. The zero-order chi connectivity index (χ0) is 33.1. The van der Waals surface area contributed by atoms with Crippen LogP contribution in [0.1, 0.15) is 79.2 Å². The van der Waals surface area contributed by atoms with E-state index in [0.29, 0.717) is 48.5 Å². The molecule has 1 aromatic heterocycles. The van der Waals surface area contributed by atoms with Crippen molar-refractivity contribution < 1.29 is 14.4 Å². The normalized spacial score (nSPS) is 16.8. The lowest BCUT2D eigenvalue weighted by molar-refractivity contribution is -0.130. The summed E-state index contributed by atoms with van der Waals surface area (Å²) in [6.07, 6.45) is 4.78. The topological polar surface area (TPSA) is 197 Å². The Labute approximate surface area is 271 Å². The highest BCUT2D eigenvalue weighted by molar-refractivity contribution is 5.94. The fourth-order valence-corrected chi connectivity index (χ4v) is 6.83. The maximum Gasteiger partial charge on any atom is 0.248 e. The van der Waals surface area contributed by atoms with E-state index in [4.69, 9.17) is 11.5 Å². The molecule has 1 aliphatic carbocycles. The summed E-state index contributed by atoms with van der Waals surface area (Å²) in [7, 11) is 0. The van der Waals surface area contributed by atoms with Crippen molar-refractivity contribution in [3.8, 4) is 6.07 Å². The van der Waals surface area contributed by atoms with Crippen LogP contribution in [0.15, 0.2) is 66.4 Å². The first-order chi connectivity index (χ1) is 22.7. The number of benzene rings is 3. The highest BCUT2D eigenvalue weighted by Gasteiger charge is 2.45. The number of nitrogens with zero attached hydrogens (tertiary/aromatic N) is 5. The maximum atomic E-state index is 13.4. The molecule has 238 valence electrons. The molecule has 6 N–H and O–H groups in total. The third-order valence-corrected chi connectivity index (χ3v) is 9.18. The van der Waals surface area contributed by atoms with Crippen LogP contribution in [0, 0.1) is 18.3 Å². The summed E-state index contributed by atoms with van der Waals surface area (Å²) >= 11 is 0. The average molecular weight is 630 g/mol. The van der Waals surface area contributed by atoms with E-state index in [2.05, 4.69) is 32.0 Å². The summed E-state index contributed by atoms with van der Waals surface area (Å²) in [6.45, 7) is 2.52. The summed E-state index contributed by atoms with van der Waals surface area (Å²) in [5.74, 6) is -0.823. The molecular weight excluding hydrogens is 594 g/mol. The van der Waals surface area contributed by atoms with Gasteiger partial charge in [-0.3, -0.25) is 14.4 Å². The fraction of sp³-hybridized carbons (Fsp3) is 0.286. The van der Waals surface area contributed by atoms with Crippen molar-refractivity contribution in [1.29, 1.82) is 5.26 Å². The van der Waals surface area contributed by atoms with Crippen molar-refractivity contribution in [2.45, 2.75) is 50.5 Å². The Morgan fingerprint density at radius 3 is 2.21 bits per heavy atom. The number of rotatable bonds is 9. The number of nitriles is 1. The molecule has 1 aliphatic heterocycles. The molecule has 0 radical (unpaired) electrons. The monoisotopic (exact) mass is 629 g/mol. The van der Waals surface area contributed by atoms with Gasteiger partial charge in [-0.05, 0) is 101 Å². The first kappa shape index (κ1) is 31.2. The summed E-state index contributed by atoms with van der Waals surface area (Å²) < 4.78 is 0. The number of aromatic nitrogens is 4. The Morgan fingerprint density at radius 1 is 1.02 bits per heavy atom. The standard InChI is InChI=1S/C35H35N9O3/c1-21-4-6-22(7-5-21)15-27(39-20-31(45)44-14-2-3-28(44)19-36)18-35(34-40-42-43-41-34)29-12-10-25(32(37)46)16-23(29)8-9-24-17-26(33(38)47)11-13-30(24)35/h4-7,10-13,15-17,28,39H,2-3,8-9,14,18,20H2,1H3,(H2,37,46)(H2,38,47)(H,40,41,42,43)/b27-15-. The van der Waals surface area contributed by atoms with Crippen LogP contribution in [0.4, 0.5) is 0 Å². The number of likely N-dealkylation sites (tertiary alicyclic amines) is 1. The number of nitrogens with one attached hydrogen (secondary N) is 2. The van der Waals surface area contributed by atoms with E-state index in [-0.39, 0.29) is 18.9 Å². The second-order valence-corrected chi connectivity index (χ2v) is 12.1. The van der Waals surface area contributed by atoms with Gasteiger partial charge in [0, 0.05) is 29.8 Å². The Balaban J connectivity index is 1.54. The predicted octanol–water partition coefficient (Wildman–Crippen LogP) is 2.67. The number of fused-ring (bicyclic) bond motifs is 2. The Kier molecular flexibility index (Phi) is 8.54. The van der Waals surface area contributed by atoms with Gasteiger partial charge in [-0.1, -0.05) is 42.0 Å². The van der Waals surface area contributed by atoms with Crippen molar-refractivity contribution >= 4 is 23.8 Å². The molecule has 1 unspecified atom stereocenters. The summed E-state index contributed by atoms with van der Waals surface area (Å²) in [5.41, 5.74) is 17.2. The van der Waals surface area contributed by atoms with Gasteiger partial charge in [0.2, 0.25) is 17.7 Å². The van der Waals surface area contributed by atoms with Gasteiger partial charge in [-0.25, -0.2) is 5.10 Å². The molecule has 1 saturated heterocycles. The number of nitrogens with two attached hydrogens (primary N) is 2. The van der Waals surface area contributed by atoms with Crippen LogP contribution in [0.25, 0.3) is 6.08 Å². The lowest BCUT2D eigenvalue weighted by atomic mass is 9.68. The number of primary amides is 2. The van der Waals surface area contributed by atoms with Gasteiger partial charge < -0.3 is 21.7 Å². The van der Waals surface area contributed by atoms with Crippen molar-refractivity contribution in [3.63, 3.8) is 0 Å². The molecular formula is C35H35N9O3. The lowest BCUT2D eigenvalue weighted by Gasteiger charge is -2.35. The minimum absolute atomic E-state index is 0.0262. The molecule has 4 aromatic rings. The molecule has 12 heteroatoms. The minimum atomic E-state index is -1.06. The Bertz CT molecular complexity index is 1840. The average Bonchev–Trinajstić information content (AvgIpc) is 3.77. The highest BCUT2D eigenvalue weighted by atomic mass is 16.2. The van der Waals surface area contributed by atoms with E-state index in [1.807, 2.05) is 49.4 Å². The number of tetrazole rings is 1. The van der Waals surface area contributed by atoms with Gasteiger partial charge in [0.25, 0.3) is 0 Å². The van der Waals surface area contributed by atoms with Crippen LogP contribution in [-0.4, -0.2) is 62.4 Å². The van der Waals surface area contributed by atoms with Gasteiger partial charge >= 0.3 is 0 Å². The lowest BCUT2D eigenvalue weighted by Crippen LogP contribution is -2.41. The van der Waals surface area contributed by atoms with Crippen molar-refractivity contribution in [1.82, 2.24) is 30.8 Å². The van der Waals surface area contributed by atoms with E-state index in [9.17, 15) is 19.6 Å². The number of allylic oxidation sites excluding steroid dienone is 1. The number of amides is 3. The van der Waals surface area contributed by atoms with Crippen molar-refractivity contribution in [2.24, 2.45) is 11.5 Å². The fourth-order valence-electron chi connectivity index (χ4n) is 6.83. The maximum absolute atomic E-state index is 13.4. The van der Waals surface area contributed by atoms with Crippen LogP contribution >= 0.6 is 0 Å². The van der Waals surface area contributed by atoms with Gasteiger partial charge in [-0.15, -0.1) is 5.10 Å². The second-order valence-electron chi connectivity index (χ2n) is 12.1. The van der Waals surface area contributed by atoms with Crippen molar-refractivity contribution in [3.05, 3.63) is 117 Å². The van der Waals surface area contributed by atoms with Crippen LogP contribution < -0.4 is 16.8 Å². The van der Waals surface area contributed by atoms with Crippen LogP contribution in [-0.2, 0) is 23.1 Å². The molecule has 2 heterocycles. The summed E-state index contributed by atoms with van der Waals surface area (Å²) in [4.78, 5) is 39.6. The van der Waals surface area contributed by atoms with E-state index >= 15 is 0 Å². The zero-order valence-corrected chi connectivity index (χ0v) is 26.0. The zero-order valence-electron chi connectivity index (χ0n) is 26.0. The molecule has 1 fully saturated rings. The predicted molar refractivity (Wildman–Crippen MR) is 174 cm³/mol. The number of H-pyrrole nitrogens is 1. The first-order valence-corrected chi connectivity index (χ1v) is 15.5. The third-order valence-electron chi connectivity index (χ3n) is 9.18. The van der Waals surface area contributed by atoms with Crippen LogP contribution in [0.2, 0.25) is 0 Å². The number of hydrogen-bond donors (Lipinski definition) is 4.